The number of hydrogen-bond acceptors (Lipinski definition) is 2. The molecule has 0 aliphatic heterocycles. The fraction of sp³-hybridized carbons (Fsp3) is 0.222. The third kappa shape index (κ3) is 4.39. The van der Waals surface area contributed by atoms with Gasteiger partial charge in [-0.3, -0.25) is 9.59 Å². The van der Waals surface area contributed by atoms with E-state index < -0.39 is 5.82 Å². The topological polar surface area (TPSA) is 49.4 Å². The first-order chi connectivity index (χ1) is 10.9. The van der Waals surface area contributed by atoms with E-state index in [2.05, 4.69) is 5.32 Å². The van der Waals surface area contributed by atoms with Crippen molar-refractivity contribution in [2.75, 3.05) is 16.8 Å². The second-order valence-corrected chi connectivity index (χ2v) is 5.45. The van der Waals surface area contributed by atoms with Crippen LogP contribution >= 0.6 is 0 Å². The van der Waals surface area contributed by atoms with Crippen LogP contribution in [0.3, 0.4) is 0 Å². The van der Waals surface area contributed by atoms with Gasteiger partial charge in [0, 0.05) is 18.3 Å². The largest absolute Gasteiger partial charge is 0.324 e. The molecule has 0 saturated carbocycles. The van der Waals surface area contributed by atoms with Crippen LogP contribution in [-0.2, 0) is 9.59 Å². The summed E-state index contributed by atoms with van der Waals surface area (Å²) in [5, 5.41) is 2.60. The molecule has 2 aromatic rings. The summed E-state index contributed by atoms with van der Waals surface area (Å²) in [4.78, 5) is 25.5. The number of carbonyl (C=O) groups excluding carboxylic acids is 2. The summed E-state index contributed by atoms with van der Waals surface area (Å²) in [5.74, 6) is -1.04. The Balaban J connectivity index is 2.18. The summed E-state index contributed by atoms with van der Waals surface area (Å²) in [6, 6.07) is 11.4. The van der Waals surface area contributed by atoms with Gasteiger partial charge in [0.1, 0.15) is 12.4 Å². The van der Waals surface area contributed by atoms with Crippen molar-refractivity contribution in [1.29, 1.82) is 0 Å². The van der Waals surface area contributed by atoms with Gasteiger partial charge in [-0.15, -0.1) is 0 Å². The molecule has 0 aliphatic carbocycles. The quantitative estimate of drug-likeness (QED) is 0.940. The van der Waals surface area contributed by atoms with Gasteiger partial charge in [0.15, 0.2) is 0 Å². The van der Waals surface area contributed by atoms with Crippen LogP contribution < -0.4 is 10.2 Å². The van der Waals surface area contributed by atoms with Crippen LogP contribution in [0.4, 0.5) is 15.8 Å². The zero-order valence-electron chi connectivity index (χ0n) is 13.4. The van der Waals surface area contributed by atoms with E-state index in [1.165, 1.54) is 30.0 Å². The summed E-state index contributed by atoms with van der Waals surface area (Å²) in [6.07, 6.45) is 0. The molecule has 0 bridgehead atoms. The van der Waals surface area contributed by atoms with Gasteiger partial charge >= 0.3 is 0 Å². The zero-order valence-corrected chi connectivity index (χ0v) is 13.4. The Labute approximate surface area is 134 Å². The minimum atomic E-state index is -0.430. The maximum Gasteiger partial charge on any atom is 0.244 e. The maximum absolute atomic E-state index is 13.2. The Morgan fingerprint density at radius 1 is 1.13 bits per heavy atom. The second-order valence-electron chi connectivity index (χ2n) is 5.45. The van der Waals surface area contributed by atoms with Crippen LogP contribution in [0.1, 0.15) is 18.1 Å². The van der Waals surface area contributed by atoms with Gasteiger partial charge in [-0.2, -0.15) is 0 Å². The van der Waals surface area contributed by atoms with E-state index >= 15 is 0 Å². The molecule has 2 rings (SSSR count). The molecular formula is C18H19FN2O2. The number of rotatable bonds is 4. The summed E-state index contributed by atoms with van der Waals surface area (Å²) in [7, 11) is 0. The normalized spacial score (nSPS) is 10.3. The standard InChI is InChI=1S/C18H19FN2O2/c1-12-7-8-13(2)17(9-12)21(14(3)22)11-18(23)20-16-6-4-5-15(19)10-16/h4-10H,11H2,1-3H3,(H,20,23). The van der Waals surface area contributed by atoms with E-state index in [1.807, 2.05) is 32.0 Å². The average Bonchev–Trinajstić information content (AvgIpc) is 2.47. The molecule has 0 radical (unpaired) electrons. The van der Waals surface area contributed by atoms with E-state index in [0.717, 1.165) is 11.1 Å². The molecule has 2 aromatic carbocycles. The predicted octanol–water partition coefficient (Wildman–Crippen LogP) is 3.43. The minimum absolute atomic E-state index is 0.129. The van der Waals surface area contributed by atoms with Gasteiger partial charge in [0.05, 0.1) is 0 Å². The Kier molecular flexibility index (Phi) is 5.11. The van der Waals surface area contributed by atoms with E-state index in [4.69, 9.17) is 0 Å². The highest BCUT2D eigenvalue weighted by molar-refractivity contribution is 6.02. The summed E-state index contributed by atoms with van der Waals surface area (Å²) in [6.45, 7) is 5.09. The summed E-state index contributed by atoms with van der Waals surface area (Å²) in [5.41, 5.74) is 2.97. The lowest BCUT2D eigenvalue weighted by atomic mass is 10.1. The third-order valence-electron chi connectivity index (χ3n) is 3.45. The monoisotopic (exact) mass is 314 g/mol. The maximum atomic E-state index is 13.2. The predicted molar refractivity (Wildman–Crippen MR) is 89.0 cm³/mol. The van der Waals surface area contributed by atoms with Gasteiger partial charge in [0.2, 0.25) is 11.8 Å². The molecule has 120 valence electrons. The molecule has 0 atom stereocenters. The first-order valence-corrected chi connectivity index (χ1v) is 7.27. The number of carbonyl (C=O) groups is 2. The van der Waals surface area contributed by atoms with Crippen molar-refractivity contribution in [3.05, 3.63) is 59.4 Å². The molecule has 0 spiro atoms. The van der Waals surface area contributed by atoms with Gasteiger partial charge in [-0.25, -0.2) is 4.39 Å². The van der Waals surface area contributed by atoms with Crippen molar-refractivity contribution in [3.8, 4) is 0 Å². The molecule has 0 aromatic heterocycles. The van der Waals surface area contributed by atoms with Gasteiger partial charge < -0.3 is 10.2 Å². The van der Waals surface area contributed by atoms with Gasteiger partial charge in [-0.05, 0) is 49.2 Å². The molecule has 0 aliphatic rings. The number of benzene rings is 2. The SMILES string of the molecule is CC(=O)N(CC(=O)Nc1cccc(F)c1)c1cc(C)ccc1C. The summed E-state index contributed by atoms with van der Waals surface area (Å²) >= 11 is 0. The van der Waals surface area contributed by atoms with Crippen molar-refractivity contribution in [3.63, 3.8) is 0 Å². The second kappa shape index (κ2) is 7.05. The van der Waals surface area contributed by atoms with Crippen LogP contribution in [0.2, 0.25) is 0 Å². The molecule has 2 amide bonds. The smallest absolute Gasteiger partial charge is 0.244 e. The molecule has 0 unspecified atom stereocenters. The number of hydrogen-bond donors (Lipinski definition) is 1. The molecule has 0 heterocycles. The van der Waals surface area contributed by atoms with Crippen LogP contribution in [0.25, 0.3) is 0 Å². The zero-order chi connectivity index (χ0) is 17.0. The highest BCUT2D eigenvalue weighted by Gasteiger charge is 2.18. The Hall–Kier alpha value is -2.69. The number of nitrogens with one attached hydrogen (secondary N) is 1. The van der Waals surface area contributed by atoms with Crippen LogP contribution in [-0.4, -0.2) is 18.4 Å². The van der Waals surface area contributed by atoms with Crippen molar-refractivity contribution in [2.24, 2.45) is 0 Å². The number of amides is 2. The van der Waals surface area contributed by atoms with Gasteiger partial charge in [-0.1, -0.05) is 18.2 Å². The van der Waals surface area contributed by atoms with Crippen molar-refractivity contribution < 1.29 is 14.0 Å². The van der Waals surface area contributed by atoms with Crippen molar-refractivity contribution in [2.45, 2.75) is 20.8 Å². The van der Waals surface area contributed by atoms with Crippen molar-refractivity contribution >= 4 is 23.2 Å². The average molecular weight is 314 g/mol. The minimum Gasteiger partial charge on any atom is -0.324 e. The number of aryl methyl sites for hydroxylation is 2. The molecule has 1 N–H and O–H groups in total. The molecular weight excluding hydrogens is 295 g/mol. The summed E-state index contributed by atoms with van der Waals surface area (Å²) < 4.78 is 13.2. The lowest BCUT2D eigenvalue weighted by molar-refractivity contribution is -0.120. The van der Waals surface area contributed by atoms with Crippen LogP contribution in [0.5, 0.6) is 0 Å². The molecule has 0 fully saturated rings. The lowest BCUT2D eigenvalue weighted by Gasteiger charge is -2.23. The number of anilines is 2. The van der Waals surface area contributed by atoms with E-state index in [-0.39, 0.29) is 18.4 Å². The fourth-order valence-corrected chi connectivity index (χ4v) is 2.29. The number of halogens is 1. The molecule has 0 saturated heterocycles. The van der Waals surface area contributed by atoms with Gasteiger partial charge in [0.25, 0.3) is 0 Å². The highest BCUT2D eigenvalue weighted by Crippen LogP contribution is 2.22. The molecule has 5 heteroatoms. The molecule has 4 nitrogen and oxygen atoms in total. The van der Waals surface area contributed by atoms with Crippen LogP contribution in [0, 0.1) is 19.7 Å². The van der Waals surface area contributed by atoms with E-state index in [0.29, 0.717) is 11.4 Å². The fourth-order valence-electron chi connectivity index (χ4n) is 2.29. The first kappa shape index (κ1) is 16.7. The third-order valence-corrected chi connectivity index (χ3v) is 3.45. The van der Waals surface area contributed by atoms with E-state index in [9.17, 15) is 14.0 Å². The molecule has 23 heavy (non-hydrogen) atoms. The van der Waals surface area contributed by atoms with Crippen molar-refractivity contribution in [1.82, 2.24) is 0 Å². The highest BCUT2D eigenvalue weighted by atomic mass is 19.1. The Morgan fingerprint density at radius 2 is 1.87 bits per heavy atom. The van der Waals surface area contributed by atoms with Crippen LogP contribution in [0.15, 0.2) is 42.5 Å². The first-order valence-electron chi connectivity index (χ1n) is 7.27. The lowest BCUT2D eigenvalue weighted by Crippen LogP contribution is -2.37. The van der Waals surface area contributed by atoms with E-state index in [1.54, 1.807) is 6.07 Å². The Bertz CT molecular complexity index is 744. The Morgan fingerprint density at radius 3 is 2.52 bits per heavy atom. The number of nitrogens with zero attached hydrogens (tertiary/aromatic N) is 1.